The van der Waals surface area contributed by atoms with Crippen molar-refractivity contribution in [1.29, 1.82) is 0 Å². The standard InChI is InChI=1S/C19H18ClN3O3S/c1-12-3-6-14(10-16(12)20)21-17(24)11-27-19-23-22-18(26-19)9-13-4-7-15(25-2)8-5-13/h3-8,10H,9,11H2,1-2H3,(H,21,24). The Hall–Kier alpha value is -2.51. The molecule has 0 unspecified atom stereocenters. The lowest BCUT2D eigenvalue weighted by Gasteiger charge is -2.05. The third kappa shape index (κ3) is 5.48. The minimum absolute atomic E-state index is 0.162. The first kappa shape index (κ1) is 19.3. The van der Waals surface area contributed by atoms with E-state index in [9.17, 15) is 4.79 Å². The van der Waals surface area contributed by atoms with Gasteiger partial charge in [-0.3, -0.25) is 4.79 Å². The van der Waals surface area contributed by atoms with E-state index in [0.717, 1.165) is 16.9 Å². The number of aryl methyl sites for hydroxylation is 1. The molecule has 0 atom stereocenters. The van der Waals surface area contributed by atoms with Crippen molar-refractivity contribution < 1.29 is 13.9 Å². The zero-order valence-electron chi connectivity index (χ0n) is 14.9. The highest BCUT2D eigenvalue weighted by atomic mass is 35.5. The fourth-order valence-electron chi connectivity index (χ4n) is 2.28. The molecule has 0 aliphatic carbocycles. The molecule has 8 heteroatoms. The molecule has 0 radical (unpaired) electrons. The van der Waals surface area contributed by atoms with E-state index >= 15 is 0 Å². The van der Waals surface area contributed by atoms with E-state index in [2.05, 4.69) is 15.5 Å². The summed E-state index contributed by atoms with van der Waals surface area (Å²) in [7, 11) is 1.63. The number of amides is 1. The molecule has 1 N–H and O–H groups in total. The summed E-state index contributed by atoms with van der Waals surface area (Å²) in [5.74, 6) is 1.28. The van der Waals surface area contributed by atoms with Crippen molar-refractivity contribution in [2.45, 2.75) is 18.6 Å². The number of aromatic nitrogens is 2. The van der Waals surface area contributed by atoms with Gasteiger partial charge in [0, 0.05) is 10.7 Å². The molecular weight excluding hydrogens is 386 g/mol. The molecule has 0 fully saturated rings. The maximum Gasteiger partial charge on any atom is 0.277 e. The summed E-state index contributed by atoms with van der Waals surface area (Å²) in [5, 5.41) is 11.8. The van der Waals surface area contributed by atoms with Crippen LogP contribution in [0.2, 0.25) is 5.02 Å². The van der Waals surface area contributed by atoms with Gasteiger partial charge in [-0.15, -0.1) is 10.2 Å². The molecule has 0 aliphatic heterocycles. The molecule has 27 heavy (non-hydrogen) atoms. The van der Waals surface area contributed by atoms with Crippen LogP contribution in [0.15, 0.2) is 52.1 Å². The average Bonchev–Trinajstić information content (AvgIpc) is 3.11. The van der Waals surface area contributed by atoms with Crippen molar-refractivity contribution in [1.82, 2.24) is 10.2 Å². The Kier molecular flexibility index (Phi) is 6.36. The lowest BCUT2D eigenvalue weighted by Crippen LogP contribution is -2.14. The molecular formula is C19H18ClN3O3S. The van der Waals surface area contributed by atoms with Crippen LogP contribution in [0.5, 0.6) is 5.75 Å². The van der Waals surface area contributed by atoms with Gasteiger partial charge in [-0.1, -0.05) is 41.6 Å². The van der Waals surface area contributed by atoms with Gasteiger partial charge in [0.25, 0.3) is 5.22 Å². The summed E-state index contributed by atoms with van der Waals surface area (Å²) in [6.07, 6.45) is 0.519. The summed E-state index contributed by atoms with van der Waals surface area (Å²) in [6, 6.07) is 13.0. The number of carbonyl (C=O) groups is 1. The highest BCUT2D eigenvalue weighted by Gasteiger charge is 2.11. The second-order valence-electron chi connectivity index (χ2n) is 5.79. The predicted molar refractivity (Wildman–Crippen MR) is 106 cm³/mol. The number of rotatable bonds is 7. The van der Waals surface area contributed by atoms with Crippen molar-refractivity contribution in [3.63, 3.8) is 0 Å². The van der Waals surface area contributed by atoms with Crippen molar-refractivity contribution in [3.05, 3.63) is 64.5 Å². The van der Waals surface area contributed by atoms with Gasteiger partial charge < -0.3 is 14.5 Å². The van der Waals surface area contributed by atoms with Crippen LogP contribution in [0.3, 0.4) is 0 Å². The van der Waals surface area contributed by atoms with Crippen molar-refractivity contribution >= 4 is 35.0 Å². The van der Waals surface area contributed by atoms with Crippen LogP contribution in [0, 0.1) is 6.92 Å². The quantitative estimate of drug-likeness (QED) is 0.590. The van der Waals surface area contributed by atoms with Crippen LogP contribution in [-0.4, -0.2) is 29.0 Å². The third-order valence-electron chi connectivity index (χ3n) is 3.75. The molecule has 0 saturated carbocycles. The van der Waals surface area contributed by atoms with Crippen LogP contribution in [0.25, 0.3) is 0 Å². The third-order valence-corrected chi connectivity index (χ3v) is 4.97. The summed E-state index contributed by atoms with van der Waals surface area (Å²) in [4.78, 5) is 12.1. The maximum atomic E-state index is 12.1. The number of ether oxygens (including phenoxy) is 1. The van der Waals surface area contributed by atoms with Crippen LogP contribution in [0.4, 0.5) is 5.69 Å². The molecule has 0 aliphatic rings. The number of benzene rings is 2. The number of thioether (sulfide) groups is 1. The van der Waals surface area contributed by atoms with Gasteiger partial charge in [-0.05, 0) is 42.3 Å². The SMILES string of the molecule is COc1ccc(Cc2nnc(SCC(=O)Nc3ccc(C)c(Cl)c3)o2)cc1. The van der Waals surface area contributed by atoms with Gasteiger partial charge in [0.1, 0.15) is 5.75 Å². The fourth-order valence-corrected chi connectivity index (χ4v) is 3.04. The molecule has 1 heterocycles. The monoisotopic (exact) mass is 403 g/mol. The summed E-state index contributed by atoms with van der Waals surface area (Å²) < 4.78 is 10.7. The smallest absolute Gasteiger partial charge is 0.277 e. The van der Waals surface area contributed by atoms with Gasteiger partial charge >= 0.3 is 0 Å². The molecule has 6 nitrogen and oxygen atoms in total. The van der Waals surface area contributed by atoms with Gasteiger partial charge in [0.15, 0.2) is 0 Å². The Morgan fingerprint density at radius 1 is 1.22 bits per heavy atom. The normalized spacial score (nSPS) is 10.6. The second kappa shape index (κ2) is 8.92. The van der Waals surface area contributed by atoms with E-state index in [0.29, 0.717) is 28.2 Å². The maximum absolute atomic E-state index is 12.1. The Morgan fingerprint density at radius 2 is 2.00 bits per heavy atom. The Balaban J connectivity index is 1.51. The number of nitrogens with one attached hydrogen (secondary N) is 1. The number of hydrogen-bond acceptors (Lipinski definition) is 6. The first-order valence-corrected chi connectivity index (χ1v) is 9.54. The number of hydrogen-bond donors (Lipinski definition) is 1. The zero-order chi connectivity index (χ0) is 19.2. The number of carbonyl (C=O) groups excluding carboxylic acids is 1. The molecule has 0 spiro atoms. The number of methoxy groups -OCH3 is 1. The first-order chi connectivity index (χ1) is 13.0. The van der Waals surface area contributed by atoms with Gasteiger partial charge in [0.2, 0.25) is 11.8 Å². The molecule has 1 amide bonds. The highest BCUT2D eigenvalue weighted by molar-refractivity contribution is 7.99. The zero-order valence-corrected chi connectivity index (χ0v) is 16.4. The lowest BCUT2D eigenvalue weighted by atomic mass is 10.1. The van der Waals surface area contributed by atoms with Gasteiger partial charge in [-0.25, -0.2) is 0 Å². The Labute approximate surface area is 166 Å². The average molecular weight is 404 g/mol. The number of anilines is 1. The molecule has 3 aromatic rings. The van der Waals surface area contributed by atoms with Gasteiger partial charge in [0.05, 0.1) is 19.3 Å². The van der Waals surface area contributed by atoms with Crippen LogP contribution < -0.4 is 10.1 Å². The van der Waals surface area contributed by atoms with E-state index < -0.39 is 0 Å². The minimum atomic E-state index is -0.171. The molecule has 0 bridgehead atoms. The summed E-state index contributed by atoms with van der Waals surface area (Å²) in [6.45, 7) is 1.91. The lowest BCUT2D eigenvalue weighted by molar-refractivity contribution is -0.113. The minimum Gasteiger partial charge on any atom is -0.497 e. The van der Waals surface area contributed by atoms with Crippen LogP contribution in [-0.2, 0) is 11.2 Å². The fraction of sp³-hybridized carbons (Fsp3) is 0.211. The molecule has 140 valence electrons. The van der Waals surface area contributed by atoms with E-state index in [1.165, 1.54) is 11.8 Å². The second-order valence-corrected chi connectivity index (χ2v) is 7.12. The predicted octanol–water partition coefficient (Wildman–Crippen LogP) is 4.36. The van der Waals surface area contributed by atoms with E-state index in [1.807, 2.05) is 43.3 Å². The highest BCUT2D eigenvalue weighted by Crippen LogP contribution is 2.22. The molecule has 3 rings (SSSR count). The van der Waals surface area contributed by atoms with Crippen molar-refractivity contribution in [3.8, 4) is 5.75 Å². The van der Waals surface area contributed by atoms with Crippen molar-refractivity contribution in [2.75, 3.05) is 18.2 Å². The molecule has 2 aromatic carbocycles. The van der Waals surface area contributed by atoms with Crippen molar-refractivity contribution in [2.24, 2.45) is 0 Å². The number of halogens is 1. The summed E-state index contributed by atoms with van der Waals surface area (Å²) in [5.41, 5.74) is 2.64. The summed E-state index contributed by atoms with van der Waals surface area (Å²) >= 11 is 7.25. The van der Waals surface area contributed by atoms with E-state index in [4.69, 9.17) is 20.8 Å². The molecule has 1 aromatic heterocycles. The largest absolute Gasteiger partial charge is 0.497 e. The van der Waals surface area contributed by atoms with Gasteiger partial charge in [-0.2, -0.15) is 0 Å². The van der Waals surface area contributed by atoms with Crippen LogP contribution in [0.1, 0.15) is 17.0 Å². The number of nitrogens with zero attached hydrogens (tertiary/aromatic N) is 2. The van der Waals surface area contributed by atoms with E-state index in [-0.39, 0.29) is 11.7 Å². The van der Waals surface area contributed by atoms with Crippen LogP contribution >= 0.6 is 23.4 Å². The topological polar surface area (TPSA) is 77.2 Å². The first-order valence-electron chi connectivity index (χ1n) is 8.17. The molecule has 0 saturated heterocycles. The van der Waals surface area contributed by atoms with E-state index in [1.54, 1.807) is 13.2 Å². The Morgan fingerprint density at radius 3 is 2.70 bits per heavy atom. The Bertz CT molecular complexity index is 928.